The van der Waals surface area contributed by atoms with Crippen LogP contribution in [0.4, 0.5) is 0 Å². The van der Waals surface area contributed by atoms with Crippen LogP contribution in [0.2, 0.25) is 5.02 Å². The first kappa shape index (κ1) is 22.0. The summed E-state index contributed by atoms with van der Waals surface area (Å²) in [6.07, 6.45) is 5.22. The third-order valence-corrected chi connectivity index (χ3v) is 5.71. The van der Waals surface area contributed by atoms with Crippen LogP contribution < -0.4 is 10.9 Å². The predicted molar refractivity (Wildman–Crippen MR) is 112 cm³/mol. The van der Waals surface area contributed by atoms with Gasteiger partial charge in [-0.25, -0.2) is 0 Å². The quantitative estimate of drug-likeness (QED) is 0.410. The Labute approximate surface area is 180 Å². The van der Waals surface area contributed by atoms with Gasteiger partial charge in [-0.05, 0) is 42.9 Å². The van der Waals surface area contributed by atoms with Crippen LogP contribution in [0.25, 0.3) is 0 Å². The molecule has 160 valence electrons. The van der Waals surface area contributed by atoms with Gasteiger partial charge in [-0.1, -0.05) is 49.7 Å². The molecule has 0 radical (unpaired) electrons. The summed E-state index contributed by atoms with van der Waals surface area (Å²) in [7, 11) is 0. The highest BCUT2D eigenvalue weighted by Gasteiger charge is 2.51. The number of allylic oxidation sites excluding steroid dienone is 2. The van der Waals surface area contributed by atoms with Crippen molar-refractivity contribution in [1.82, 2.24) is 15.8 Å². The monoisotopic (exact) mass is 431 g/mol. The largest absolute Gasteiger partial charge is 0.274 e. The van der Waals surface area contributed by atoms with Crippen molar-refractivity contribution < 1.29 is 19.2 Å². The molecule has 2 aliphatic rings. The summed E-state index contributed by atoms with van der Waals surface area (Å²) in [5.74, 6) is -2.31. The van der Waals surface area contributed by atoms with E-state index in [1.165, 1.54) is 0 Å². The summed E-state index contributed by atoms with van der Waals surface area (Å²) in [6, 6.07) is 5.86. The number of nitrogens with one attached hydrogen (secondary N) is 2. The van der Waals surface area contributed by atoms with Gasteiger partial charge in [-0.3, -0.25) is 34.9 Å². The van der Waals surface area contributed by atoms with E-state index in [1.807, 2.05) is 26.0 Å². The molecule has 1 aromatic rings. The Kier molecular flexibility index (Phi) is 6.92. The fraction of sp³-hybridized carbons (Fsp3) is 0.455. The maximum absolute atomic E-state index is 12.9. The van der Waals surface area contributed by atoms with Gasteiger partial charge in [-0.2, -0.15) is 0 Å². The van der Waals surface area contributed by atoms with E-state index >= 15 is 0 Å². The number of carbonyl (C=O) groups is 4. The van der Waals surface area contributed by atoms with Crippen LogP contribution >= 0.6 is 11.6 Å². The highest BCUT2D eigenvalue weighted by Crippen LogP contribution is 2.37. The minimum absolute atomic E-state index is 0.0592. The number of likely N-dealkylation sites (tertiary alicyclic amines) is 1. The fourth-order valence-corrected chi connectivity index (χ4v) is 4.08. The number of hydrogen-bond donors (Lipinski definition) is 2. The summed E-state index contributed by atoms with van der Waals surface area (Å²) in [5.41, 5.74) is 5.52. The van der Waals surface area contributed by atoms with E-state index in [9.17, 15) is 19.2 Å². The van der Waals surface area contributed by atoms with Crippen molar-refractivity contribution in [1.29, 1.82) is 0 Å². The molecule has 1 heterocycles. The topological polar surface area (TPSA) is 95.6 Å². The summed E-state index contributed by atoms with van der Waals surface area (Å²) in [4.78, 5) is 51.9. The summed E-state index contributed by atoms with van der Waals surface area (Å²) in [5, 5.41) is 0.569. The molecule has 4 amide bonds. The molecule has 1 aromatic carbocycles. The van der Waals surface area contributed by atoms with E-state index in [1.54, 1.807) is 24.3 Å². The lowest BCUT2D eigenvalue weighted by atomic mass is 9.85. The molecule has 7 nitrogen and oxygen atoms in total. The first-order valence-electron chi connectivity index (χ1n) is 10.1. The molecule has 0 aromatic heterocycles. The lowest BCUT2D eigenvalue weighted by molar-refractivity contribution is -0.149. The molecule has 0 spiro atoms. The number of benzene rings is 1. The number of hydrogen-bond acceptors (Lipinski definition) is 4. The zero-order valence-electron chi connectivity index (χ0n) is 17.1. The Bertz CT molecular complexity index is 840. The van der Waals surface area contributed by atoms with Crippen molar-refractivity contribution in [2.75, 3.05) is 0 Å². The molecule has 1 aliphatic heterocycles. The van der Waals surface area contributed by atoms with Crippen LogP contribution in [0.1, 0.15) is 38.7 Å². The number of hydrazine groups is 1. The zero-order chi connectivity index (χ0) is 21.8. The number of nitrogens with zero attached hydrogens (tertiary/aromatic N) is 1. The minimum Gasteiger partial charge on any atom is -0.274 e. The van der Waals surface area contributed by atoms with Crippen molar-refractivity contribution in [2.24, 2.45) is 17.8 Å². The van der Waals surface area contributed by atoms with E-state index in [-0.39, 0.29) is 24.2 Å². The Hall–Kier alpha value is -2.67. The molecule has 1 fully saturated rings. The van der Waals surface area contributed by atoms with Crippen LogP contribution in [0, 0.1) is 17.8 Å². The number of amides is 4. The molecule has 3 unspecified atom stereocenters. The Morgan fingerprint density at radius 2 is 1.60 bits per heavy atom. The van der Waals surface area contributed by atoms with Gasteiger partial charge in [0.1, 0.15) is 6.04 Å². The molecule has 1 saturated heterocycles. The number of imide groups is 1. The van der Waals surface area contributed by atoms with Gasteiger partial charge in [-0.15, -0.1) is 0 Å². The second-order valence-electron chi connectivity index (χ2n) is 8.19. The Balaban J connectivity index is 1.65. The molecular formula is C22H26ClN3O4. The average Bonchev–Trinajstić information content (AvgIpc) is 2.97. The van der Waals surface area contributed by atoms with Gasteiger partial charge in [0, 0.05) is 5.02 Å². The maximum Gasteiger partial charge on any atom is 0.261 e. The first-order chi connectivity index (χ1) is 14.3. The highest BCUT2D eigenvalue weighted by molar-refractivity contribution is 6.30. The van der Waals surface area contributed by atoms with Crippen molar-refractivity contribution in [3.05, 3.63) is 47.0 Å². The van der Waals surface area contributed by atoms with E-state index < -0.39 is 29.7 Å². The number of rotatable bonds is 6. The number of carbonyl (C=O) groups excluding carboxylic acids is 4. The lowest BCUT2D eigenvalue weighted by Crippen LogP contribution is -2.54. The van der Waals surface area contributed by atoms with E-state index in [2.05, 4.69) is 10.9 Å². The van der Waals surface area contributed by atoms with E-state index in [0.717, 1.165) is 10.5 Å². The molecule has 0 bridgehead atoms. The SMILES string of the molecule is CC(C)CC(C(=O)NNC(=O)Cc1ccc(Cl)cc1)N1C(=O)C2CC=CCC2C1=O. The van der Waals surface area contributed by atoms with E-state index in [0.29, 0.717) is 24.3 Å². The van der Waals surface area contributed by atoms with Crippen molar-refractivity contribution >= 4 is 35.2 Å². The second-order valence-corrected chi connectivity index (χ2v) is 8.62. The van der Waals surface area contributed by atoms with Gasteiger partial charge in [0.2, 0.25) is 17.7 Å². The van der Waals surface area contributed by atoms with Crippen molar-refractivity contribution in [2.45, 2.75) is 45.6 Å². The Morgan fingerprint density at radius 1 is 1.03 bits per heavy atom. The summed E-state index contributed by atoms with van der Waals surface area (Å²) < 4.78 is 0. The summed E-state index contributed by atoms with van der Waals surface area (Å²) in [6.45, 7) is 3.83. The highest BCUT2D eigenvalue weighted by atomic mass is 35.5. The maximum atomic E-state index is 12.9. The normalized spacial score (nSPS) is 21.5. The summed E-state index contributed by atoms with van der Waals surface area (Å²) >= 11 is 5.84. The average molecular weight is 432 g/mol. The predicted octanol–water partition coefficient (Wildman–Crippen LogP) is 2.40. The van der Waals surface area contributed by atoms with Gasteiger partial charge in [0.15, 0.2) is 0 Å². The number of halogens is 1. The van der Waals surface area contributed by atoms with Gasteiger partial charge >= 0.3 is 0 Å². The lowest BCUT2D eigenvalue weighted by Gasteiger charge is -2.27. The first-order valence-corrected chi connectivity index (χ1v) is 10.5. The second kappa shape index (κ2) is 9.43. The van der Waals surface area contributed by atoms with Gasteiger partial charge in [0.05, 0.1) is 18.3 Å². The number of fused-ring (bicyclic) bond motifs is 1. The Morgan fingerprint density at radius 3 is 2.13 bits per heavy atom. The molecule has 8 heteroatoms. The molecule has 3 rings (SSSR count). The smallest absolute Gasteiger partial charge is 0.261 e. The standard InChI is InChI=1S/C22H26ClN3O4/c1-13(2)11-18(26-21(29)16-5-3-4-6-17(16)22(26)30)20(28)25-24-19(27)12-14-7-9-15(23)10-8-14/h3-4,7-10,13,16-18H,5-6,11-12H2,1-2H3,(H,24,27)(H,25,28). The minimum atomic E-state index is -0.952. The van der Waals surface area contributed by atoms with Gasteiger partial charge in [0.25, 0.3) is 5.91 Å². The van der Waals surface area contributed by atoms with Crippen LogP contribution in [0.5, 0.6) is 0 Å². The molecule has 3 atom stereocenters. The zero-order valence-corrected chi connectivity index (χ0v) is 17.8. The third kappa shape index (κ3) is 4.90. The van der Waals surface area contributed by atoms with Crippen molar-refractivity contribution in [3.63, 3.8) is 0 Å². The van der Waals surface area contributed by atoms with E-state index in [4.69, 9.17) is 11.6 Å². The molecule has 1 aliphatic carbocycles. The molecule has 30 heavy (non-hydrogen) atoms. The fourth-order valence-electron chi connectivity index (χ4n) is 3.96. The van der Waals surface area contributed by atoms with Crippen LogP contribution in [-0.4, -0.2) is 34.6 Å². The molecular weight excluding hydrogens is 406 g/mol. The van der Waals surface area contributed by atoms with Crippen LogP contribution in [0.15, 0.2) is 36.4 Å². The van der Waals surface area contributed by atoms with Crippen LogP contribution in [0.3, 0.4) is 0 Å². The van der Waals surface area contributed by atoms with Gasteiger partial charge < -0.3 is 0 Å². The molecule has 2 N–H and O–H groups in total. The molecule has 0 saturated carbocycles. The third-order valence-electron chi connectivity index (χ3n) is 5.45. The van der Waals surface area contributed by atoms with Crippen LogP contribution in [-0.2, 0) is 25.6 Å². The van der Waals surface area contributed by atoms with Crippen molar-refractivity contribution in [3.8, 4) is 0 Å².